The highest BCUT2D eigenvalue weighted by atomic mass is 32.2. The number of aromatic nitrogens is 4. The maximum absolute atomic E-state index is 13.0. The van der Waals surface area contributed by atoms with Crippen molar-refractivity contribution in [1.29, 1.82) is 0 Å². The van der Waals surface area contributed by atoms with E-state index in [0.29, 0.717) is 34.9 Å². The first-order chi connectivity index (χ1) is 14.0. The van der Waals surface area contributed by atoms with Crippen molar-refractivity contribution in [3.8, 4) is 5.75 Å². The van der Waals surface area contributed by atoms with E-state index in [-0.39, 0.29) is 18.3 Å². The van der Waals surface area contributed by atoms with Gasteiger partial charge in [-0.25, -0.2) is 4.39 Å². The number of thioether (sulfide) groups is 1. The largest absolute Gasteiger partial charge is 0.486 e. The Morgan fingerprint density at radius 1 is 1.41 bits per heavy atom. The summed E-state index contributed by atoms with van der Waals surface area (Å²) in [7, 11) is 0. The molecule has 2 heterocycles. The molecule has 8 nitrogen and oxygen atoms in total. The third kappa shape index (κ3) is 5.44. The number of nitrogens with one attached hydrogen (secondary N) is 1. The van der Waals surface area contributed by atoms with Gasteiger partial charge in [-0.1, -0.05) is 23.0 Å². The van der Waals surface area contributed by atoms with Crippen molar-refractivity contribution in [3.05, 3.63) is 60.3 Å². The lowest BCUT2D eigenvalue weighted by molar-refractivity contribution is -0.115. The Bertz CT molecular complexity index is 986. The normalized spacial score (nSPS) is 11.8. The number of hydrogen-bond donors (Lipinski definition) is 1. The quantitative estimate of drug-likeness (QED) is 0.420. The minimum Gasteiger partial charge on any atom is -0.486 e. The van der Waals surface area contributed by atoms with Gasteiger partial charge < -0.3 is 9.26 Å². The van der Waals surface area contributed by atoms with Gasteiger partial charge in [0, 0.05) is 12.6 Å². The van der Waals surface area contributed by atoms with Crippen molar-refractivity contribution in [2.75, 3.05) is 5.32 Å². The number of aryl methyl sites for hydroxylation is 1. The zero-order valence-corrected chi connectivity index (χ0v) is 16.8. The van der Waals surface area contributed by atoms with Crippen LogP contribution >= 0.6 is 11.8 Å². The Kier molecular flexibility index (Phi) is 6.65. The molecule has 1 aromatic carbocycles. The number of benzene rings is 1. The molecule has 29 heavy (non-hydrogen) atoms. The molecule has 0 bridgehead atoms. The van der Waals surface area contributed by atoms with Gasteiger partial charge in [-0.05, 0) is 38.1 Å². The first kappa shape index (κ1) is 20.6. The number of carbonyl (C=O) groups excluding carboxylic acids is 1. The highest BCUT2D eigenvalue weighted by Crippen LogP contribution is 2.24. The molecule has 10 heteroatoms. The van der Waals surface area contributed by atoms with Crippen molar-refractivity contribution in [1.82, 2.24) is 19.9 Å². The van der Waals surface area contributed by atoms with E-state index in [4.69, 9.17) is 9.26 Å². The van der Waals surface area contributed by atoms with Crippen LogP contribution in [-0.2, 0) is 17.9 Å². The van der Waals surface area contributed by atoms with Crippen LogP contribution in [0.1, 0.15) is 18.4 Å². The maximum atomic E-state index is 13.0. The van der Waals surface area contributed by atoms with E-state index in [1.807, 2.05) is 4.57 Å². The van der Waals surface area contributed by atoms with E-state index in [2.05, 4.69) is 27.2 Å². The molecule has 0 saturated heterocycles. The minimum absolute atomic E-state index is 0.144. The number of hydrogen-bond acceptors (Lipinski definition) is 7. The summed E-state index contributed by atoms with van der Waals surface area (Å²) in [5.74, 6) is 0.793. The second kappa shape index (κ2) is 9.37. The summed E-state index contributed by atoms with van der Waals surface area (Å²) < 4.78 is 25.5. The van der Waals surface area contributed by atoms with E-state index in [1.165, 1.54) is 36.0 Å². The Balaban J connectivity index is 1.66. The van der Waals surface area contributed by atoms with Crippen molar-refractivity contribution in [2.24, 2.45) is 0 Å². The molecule has 3 aromatic rings. The van der Waals surface area contributed by atoms with Crippen molar-refractivity contribution in [3.63, 3.8) is 0 Å². The number of halogens is 1. The lowest BCUT2D eigenvalue weighted by atomic mass is 10.3. The molecule has 0 saturated carbocycles. The summed E-state index contributed by atoms with van der Waals surface area (Å²) in [5, 5.41) is 14.8. The van der Waals surface area contributed by atoms with Crippen LogP contribution < -0.4 is 10.1 Å². The Morgan fingerprint density at radius 2 is 2.17 bits per heavy atom. The van der Waals surface area contributed by atoms with Crippen LogP contribution in [0.25, 0.3) is 0 Å². The summed E-state index contributed by atoms with van der Waals surface area (Å²) in [6.45, 7) is 7.87. The number of ether oxygens (including phenoxy) is 1. The van der Waals surface area contributed by atoms with Gasteiger partial charge in [-0.2, -0.15) is 0 Å². The summed E-state index contributed by atoms with van der Waals surface area (Å²) in [5.41, 5.74) is 0.678. The van der Waals surface area contributed by atoms with Crippen LogP contribution in [0.5, 0.6) is 5.75 Å². The minimum atomic E-state index is -0.459. The van der Waals surface area contributed by atoms with Crippen LogP contribution in [-0.4, -0.2) is 31.1 Å². The van der Waals surface area contributed by atoms with Gasteiger partial charge in [0.2, 0.25) is 11.8 Å². The van der Waals surface area contributed by atoms with E-state index in [0.717, 1.165) is 0 Å². The van der Waals surface area contributed by atoms with E-state index < -0.39 is 5.25 Å². The van der Waals surface area contributed by atoms with Gasteiger partial charge in [0.15, 0.2) is 11.0 Å². The van der Waals surface area contributed by atoms with Crippen LogP contribution in [0, 0.1) is 12.7 Å². The predicted octanol–water partition coefficient (Wildman–Crippen LogP) is 3.60. The Hall–Kier alpha value is -3.14. The number of carbonyl (C=O) groups is 1. The van der Waals surface area contributed by atoms with Gasteiger partial charge >= 0.3 is 0 Å². The molecule has 0 radical (unpaired) electrons. The van der Waals surface area contributed by atoms with E-state index in [1.54, 1.807) is 26.0 Å². The number of nitrogens with zero attached hydrogens (tertiary/aromatic N) is 4. The van der Waals surface area contributed by atoms with Crippen molar-refractivity contribution < 1.29 is 18.4 Å². The third-order valence-corrected chi connectivity index (χ3v) is 4.89. The van der Waals surface area contributed by atoms with Crippen molar-refractivity contribution >= 4 is 23.6 Å². The average molecular weight is 417 g/mol. The fourth-order valence-corrected chi connectivity index (χ4v) is 3.24. The van der Waals surface area contributed by atoms with Crippen LogP contribution in [0.2, 0.25) is 0 Å². The lowest BCUT2D eigenvalue weighted by Crippen LogP contribution is -2.22. The molecule has 0 spiro atoms. The standard InChI is InChI=1S/C19H20FN5O3S/c1-4-9-25-16(11-27-15-7-5-14(20)6-8-15)22-23-19(25)29-13(3)18(26)21-17-10-12(2)24-28-17/h4-8,10,13H,1,9,11H2,2-3H3,(H,21,26)/t13-/m0/s1. The molecule has 2 aromatic heterocycles. The first-order valence-electron chi connectivity index (χ1n) is 8.78. The van der Waals surface area contributed by atoms with Gasteiger partial charge in [-0.3, -0.25) is 14.7 Å². The Morgan fingerprint density at radius 3 is 2.83 bits per heavy atom. The average Bonchev–Trinajstić information content (AvgIpc) is 3.28. The summed E-state index contributed by atoms with van der Waals surface area (Å²) in [6.07, 6.45) is 1.71. The molecular formula is C19H20FN5O3S. The van der Waals surface area contributed by atoms with E-state index >= 15 is 0 Å². The molecule has 0 aliphatic carbocycles. The number of anilines is 1. The lowest BCUT2D eigenvalue weighted by Gasteiger charge is -2.12. The Labute approximate surface area is 171 Å². The fourth-order valence-electron chi connectivity index (χ4n) is 2.36. The van der Waals surface area contributed by atoms with Crippen LogP contribution in [0.3, 0.4) is 0 Å². The molecule has 3 rings (SSSR count). The third-order valence-electron chi connectivity index (χ3n) is 3.81. The molecule has 0 fully saturated rings. The summed E-state index contributed by atoms with van der Waals surface area (Å²) in [4.78, 5) is 12.4. The summed E-state index contributed by atoms with van der Waals surface area (Å²) >= 11 is 1.25. The number of rotatable bonds is 9. The molecule has 0 unspecified atom stereocenters. The highest BCUT2D eigenvalue weighted by Gasteiger charge is 2.21. The van der Waals surface area contributed by atoms with Gasteiger partial charge in [0.05, 0.1) is 10.9 Å². The smallest absolute Gasteiger partial charge is 0.240 e. The van der Waals surface area contributed by atoms with Crippen LogP contribution in [0.15, 0.2) is 52.7 Å². The van der Waals surface area contributed by atoms with Gasteiger partial charge in [-0.15, -0.1) is 16.8 Å². The molecular weight excluding hydrogens is 397 g/mol. The van der Waals surface area contributed by atoms with Gasteiger partial charge in [0.25, 0.3) is 0 Å². The maximum Gasteiger partial charge on any atom is 0.240 e. The molecule has 1 amide bonds. The zero-order chi connectivity index (χ0) is 20.8. The second-order valence-electron chi connectivity index (χ2n) is 6.12. The topological polar surface area (TPSA) is 95.1 Å². The van der Waals surface area contributed by atoms with Gasteiger partial charge in [0.1, 0.15) is 18.2 Å². The molecule has 0 aliphatic heterocycles. The second-order valence-corrected chi connectivity index (χ2v) is 7.43. The monoisotopic (exact) mass is 417 g/mol. The first-order valence-corrected chi connectivity index (χ1v) is 9.66. The van der Waals surface area contributed by atoms with E-state index in [9.17, 15) is 9.18 Å². The predicted molar refractivity (Wildman–Crippen MR) is 106 cm³/mol. The summed E-state index contributed by atoms with van der Waals surface area (Å²) in [6, 6.07) is 7.36. The molecule has 1 N–H and O–H groups in total. The molecule has 1 atom stereocenters. The highest BCUT2D eigenvalue weighted by molar-refractivity contribution is 8.00. The molecule has 152 valence electrons. The number of allylic oxidation sites excluding steroid dienone is 1. The van der Waals surface area contributed by atoms with Crippen LogP contribution in [0.4, 0.5) is 10.3 Å². The SMILES string of the molecule is C=CCn1c(COc2ccc(F)cc2)nnc1S[C@@H](C)C(=O)Nc1cc(C)no1. The number of amides is 1. The zero-order valence-electron chi connectivity index (χ0n) is 16.0. The molecule has 0 aliphatic rings. The van der Waals surface area contributed by atoms with Crippen molar-refractivity contribution in [2.45, 2.75) is 37.4 Å². The fraction of sp³-hybridized carbons (Fsp3) is 0.263.